The van der Waals surface area contributed by atoms with Crippen LogP contribution >= 0.6 is 0 Å². The molecule has 3 unspecified atom stereocenters. The number of nitrogens with zero attached hydrogens (tertiary/aromatic N) is 1. The molecule has 1 spiro atoms. The Kier molecular flexibility index (Phi) is 5.46. The first kappa shape index (κ1) is 18.4. The van der Waals surface area contributed by atoms with Crippen molar-refractivity contribution in [3.8, 4) is 0 Å². The predicted octanol–water partition coefficient (Wildman–Crippen LogP) is 2.57. The van der Waals surface area contributed by atoms with Crippen molar-refractivity contribution in [2.75, 3.05) is 25.0 Å². The molecule has 2 fully saturated rings. The van der Waals surface area contributed by atoms with Crippen LogP contribution in [0.5, 0.6) is 0 Å². The Morgan fingerprint density at radius 2 is 2.08 bits per heavy atom. The number of rotatable bonds is 5. The highest BCUT2D eigenvalue weighted by atomic mass is 16.5. The second-order valence-electron chi connectivity index (χ2n) is 7.44. The number of aryl methyl sites for hydroxylation is 1. The van der Waals surface area contributed by atoms with E-state index in [0.29, 0.717) is 6.61 Å². The molecule has 1 saturated carbocycles. The topological polar surface area (TPSA) is 61.8 Å². The van der Waals surface area contributed by atoms with Gasteiger partial charge in [-0.15, -0.1) is 0 Å². The largest absolute Gasteiger partial charge is 0.392 e. The molecular formula is C20H30N2O3. The SMILES string of the molecule is CCOC1CC(O)C12CCN(C(C)C(=O)Nc1ccccc1C)CC2. The van der Waals surface area contributed by atoms with Gasteiger partial charge < -0.3 is 15.2 Å². The summed E-state index contributed by atoms with van der Waals surface area (Å²) in [5, 5.41) is 13.3. The number of piperidine rings is 1. The number of nitrogens with one attached hydrogen (secondary N) is 1. The molecule has 3 atom stereocenters. The van der Waals surface area contributed by atoms with Crippen molar-refractivity contribution in [3.05, 3.63) is 29.8 Å². The van der Waals surface area contributed by atoms with E-state index in [-0.39, 0.29) is 29.6 Å². The molecule has 1 aliphatic heterocycles. The highest BCUT2D eigenvalue weighted by Gasteiger charge is 2.56. The zero-order chi connectivity index (χ0) is 18.0. The average molecular weight is 346 g/mol. The summed E-state index contributed by atoms with van der Waals surface area (Å²) in [7, 11) is 0. The summed E-state index contributed by atoms with van der Waals surface area (Å²) < 4.78 is 5.82. The summed E-state index contributed by atoms with van der Waals surface area (Å²) in [6, 6.07) is 7.65. The van der Waals surface area contributed by atoms with E-state index < -0.39 is 0 Å². The van der Waals surface area contributed by atoms with Gasteiger partial charge in [0, 0.05) is 24.1 Å². The molecule has 1 saturated heterocycles. The van der Waals surface area contributed by atoms with Crippen LogP contribution in [0.4, 0.5) is 5.69 Å². The molecule has 5 nitrogen and oxygen atoms in total. The number of benzene rings is 1. The monoisotopic (exact) mass is 346 g/mol. The van der Waals surface area contributed by atoms with Crippen molar-refractivity contribution in [2.24, 2.45) is 5.41 Å². The quantitative estimate of drug-likeness (QED) is 0.860. The molecule has 0 radical (unpaired) electrons. The molecule has 1 aliphatic carbocycles. The summed E-state index contributed by atoms with van der Waals surface area (Å²) in [5.41, 5.74) is 1.84. The average Bonchev–Trinajstić information content (AvgIpc) is 2.63. The number of likely N-dealkylation sites (tertiary alicyclic amines) is 1. The van der Waals surface area contributed by atoms with E-state index >= 15 is 0 Å². The molecule has 25 heavy (non-hydrogen) atoms. The number of hydrogen-bond acceptors (Lipinski definition) is 4. The van der Waals surface area contributed by atoms with E-state index in [0.717, 1.165) is 43.6 Å². The molecule has 1 aromatic carbocycles. The first-order chi connectivity index (χ1) is 12.0. The van der Waals surface area contributed by atoms with Crippen LogP contribution in [0.2, 0.25) is 0 Å². The Hall–Kier alpha value is -1.43. The molecule has 2 aliphatic rings. The van der Waals surface area contributed by atoms with Crippen LogP contribution in [0.1, 0.15) is 38.7 Å². The highest BCUT2D eigenvalue weighted by molar-refractivity contribution is 5.95. The Morgan fingerprint density at radius 1 is 1.40 bits per heavy atom. The standard InChI is InChI=1S/C20H30N2O3/c1-4-25-18-13-17(23)20(18)9-11-22(12-10-20)15(3)19(24)21-16-8-6-5-7-14(16)2/h5-8,15,17-18,23H,4,9-13H2,1-3H3,(H,21,24). The zero-order valence-corrected chi connectivity index (χ0v) is 15.5. The van der Waals surface area contributed by atoms with Crippen LogP contribution in [0, 0.1) is 12.3 Å². The number of anilines is 1. The van der Waals surface area contributed by atoms with Crippen LogP contribution in [0.15, 0.2) is 24.3 Å². The van der Waals surface area contributed by atoms with Crippen molar-refractivity contribution >= 4 is 11.6 Å². The lowest BCUT2D eigenvalue weighted by Crippen LogP contribution is -2.63. The van der Waals surface area contributed by atoms with Gasteiger partial charge in [-0.3, -0.25) is 9.69 Å². The van der Waals surface area contributed by atoms with E-state index in [4.69, 9.17) is 4.74 Å². The Bertz CT molecular complexity index is 609. The number of carbonyl (C=O) groups excluding carboxylic acids is 1. The second kappa shape index (κ2) is 7.44. The first-order valence-corrected chi connectivity index (χ1v) is 9.38. The fraction of sp³-hybridized carbons (Fsp3) is 0.650. The molecule has 3 rings (SSSR count). The van der Waals surface area contributed by atoms with Gasteiger partial charge in [-0.05, 0) is 58.3 Å². The summed E-state index contributed by atoms with van der Waals surface area (Å²) in [6.45, 7) is 8.30. The third-order valence-corrected chi connectivity index (χ3v) is 6.17. The molecule has 1 heterocycles. The third kappa shape index (κ3) is 3.46. The van der Waals surface area contributed by atoms with E-state index in [1.807, 2.05) is 45.0 Å². The van der Waals surface area contributed by atoms with E-state index in [1.165, 1.54) is 0 Å². The molecular weight excluding hydrogens is 316 g/mol. The van der Waals surface area contributed by atoms with Crippen LogP contribution < -0.4 is 5.32 Å². The van der Waals surface area contributed by atoms with Gasteiger partial charge in [0.15, 0.2) is 0 Å². The van der Waals surface area contributed by atoms with Crippen LogP contribution in [-0.4, -0.2) is 53.9 Å². The highest BCUT2D eigenvalue weighted by Crippen LogP contribution is 2.51. The molecule has 0 bridgehead atoms. The Morgan fingerprint density at radius 3 is 2.68 bits per heavy atom. The smallest absolute Gasteiger partial charge is 0.241 e. The molecule has 1 aromatic rings. The Balaban J connectivity index is 1.57. The fourth-order valence-electron chi connectivity index (χ4n) is 4.26. The van der Waals surface area contributed by atoms with Crippen molar-refractivity contribution in [1.29, 1.82) is 0 Å². The van der Waals surface area contributed by atoms with Gasteiger partial charge in [0.2, 0.25) is 5.91 Å². The van der Waals surface area contributed by atoms with Gasteiger partial charge in [0.1, 0.15) is 0 Å². The predicted molar refractivity (Wildman–Crippen MR) is 98.5 cm³/mol. The maximum atomic E-state index is 12.6. The van der Waals surface area contributed by atoms with Crippen LogP contribution in [-0.2, 0) is 9.53 Å². The molecule has 1 amide bonds. The van der Waals surface area contributed by atoms with Gasteiger partial charge >= 0.3 is 0 Å². The van der Waals surface area contributed by atoms with Crippen molar-refractivity contribution in [1.82, 2.24) is 4.90 Å². The summed E-state index contributed by atoms with van der Waals surface area (Å²) in [6.07, 6.45) is 2.44. The Labute approximate surface area is 150 Å². The van der Waals surface area contributed by atoms with E-state index in [2.05, 4.69) is 10.2 Å². The number of para-hydroxylation sites is 1. The lowest BCUT2D eigenvalue weighted by Gasteiger charge is -2.57. The van der Waals surface area contributed by atoms with Crippen molar-refractivity contribution in [2.45, 2.75) is 58.3 Å². The third-order valence-electron chi connectivity index (χ3n) is 6.17. The van der Waals surface area contributed by atoms with Crippen LogP contribution in [0.25, 0.3) is 0 Å². The minimum Gasteiger partial charge on any atom is -0.392 e. The lowest BCUT2D eigenvalue weighted by molar-refractivity contribution is -0.210. The van der Waals surface area contributed by atoms with Gasteiger partial charge in [-0.2, -0.15) is 0 Å². The normalized spacial score (nSPS) is 26.9. The summed E-state index contributed by atoms with van der Waals surface area (Å²) in [4.78, 5) is 14.8. The molecule has 138 valence electrons. The van der Waals surface area contributed by atoms with Gasteiger partial charge in [-0.1, -0.05) is 18.2 Å². The maximum absolute atomic E-state index is 12.6. The van der Waals surface area contributed by atoms with Crippen molar-refractivity contribution < 1.29 is 14.6 Å². The molecule has 2 N–H and O–H groups in total. The van der Waals surface area contributed by atoms with E-state index in [1.54, 1.807) is 0 Å². The van der Waals surface area contributed by atoms with Crippen molar-refractivity contribution in [3.63, 3.8) is 0 Å². The van der Waals surface area contributed by atoms with Gasteiger partial charge in [-0.25, -0.2) is 0 Å². The minimum atomic E-state index is -0.262. The van der Waals surface area contributed by atoms with Gasteiger partial charge in [0.05, 0.1) is 18.2 Å². The first-order valence-electron chi connectivity index (χ1n) is 9.38. The number of amides is 1. The number of hydrogen-bond donors (Lipinski definition) is 2. The van der Waals surface area contributed by atoms with Crippen LogP contribution in [0.3, 0.4) is 0 Å². The van der Waals surface area contributed by atoms with E-state index in [9.17, 15) is 9.90 Å². The van der Waals surface area contributed by atoms with Gasteiger partial charge in [0.25, 0.3) is 0 Å². The number of aliphatic hydroxyl groups is 1. The number of ether oxygens (including phenoxy) is 1. The molecule has 0 aromatic heterocycles. The molecule has 5 heteroatoms. The maximum Gasteiger partial charge on any atom is 0.241 e. The summed E-state index contributed by atoms with van der Waals surface area (Å²) in [5.74, 6) is 0.0285. The lowest BCUT2D eigenvalue weighted by atomic mass is 9.58. The fourth-order valence-corrected chi connectivity index (χ4v) is 4.26. The minimum absolute atomic E-state index is 0.0285. The number of carbonyl (C=O) groups is 1. The zero-order valence-electron chi connectivity index (χ0n) is 15.5. The number of aliphatic hydroxyl groups excluding tert-OH is 1. The second-order valence-corrected chi connectivity index (χ2v) is 7.44. The summed E-state index contributed by atoms with van der Waals surface area (Å²) >= 11 is 0.